The molecule has 1 rings (SSSR count). The zero-order chi connectivity index (χ0) is 15.7. The van der Waals surface area contributed by atoms with Crippen LogP contribution in [0.3, 0.4) is 0 Å². The second-order valence-corrected chi connectivity index (χ2v) is 6.78. The SMILES string of the molecule is CCCC(C)NC(=O)CSc1cccc(CNC(C)C)c1. The first-order valence-electron chi connectivity index (χ1n) is 7.75. The molecule has 0 aromatic heterocycles. The first kappa shape index (κ1) is 18.1. The molecule has 0 spiro atoms. The summed E-state index contributed by atoms with van der Waals surface area (Å²) in [6.07, 6.45) is 2.13. The van der Waals surface area contributed by atoms with E-state index in [1.807, 2.05) is 0 Å². The number of hydrogen-bond donors (Lipinski definition) is 2. The highest BCUT2D eigenvalue weighted by molar-refractivity contribution is 8.00. The van der Waals surface area contributed by atoms with Gasteiger partial charge in [-0.3, -0.25) is 4.79 Å². The summed E-state index contributed by atoms with van der Waals surface area (Å²) in [5.74, 6) is 0.599. The van der Waals surface area contributed by atoms with Crippen LogP contribution in [0.15, 0.2) is 29.2 Å². The van der Waals surface area contributed by atoms with Crippen LogP contribution in [0, 0.1) is 0 Å². The smallest absolute Gasteiger partial charge is 0.230 e. The summed E-state index contributed by atoms with van der Waals surface area (Å²) in [6, 6.07) is 9.13. The minimum absolute atomic E-state index is 0.117. The molecular formula is C17H28N2OS. The van der Waals surface area contributed by atoms with E-state index in [2.05, 4.69) is 62.6 Å². The number of hydrogen-bond acceptors (Lipinski definition) is 3. The van der Waals surface area contributed by atoms with E-state index in [0.717, 1.165) is 24.3 Å². The van der Waals surface area contributed by atoms with Crippen LogP contribution in [-0.2, 0) is 11.3 Å². The van der Waals surface area contributed by atoms with E-state index in [1.54, 1.807) is 11.8 Å². The van der Waals surface area contributed by atoms with E-state index < -0.39 is 0 Å². The summed E-state index contributed by atoms with van der Waals surface area (Å²) >= 11 is 1.60. The lowest BCUT2D eigenvalue weighted by atomic mass is 10.2. The number of amides is 1. The van der Waals surface area contributed by atoms with Crippen LogP contribution < -0.4 is 10.6 Å². The van der Waals surface area contributed by atoms with Crippen molar-refractivity contribution in [3.63, 3.8) is 0 Å². The van der Waals surface area contributed by atoms with Crippen LogP contribution >= 0.6 is 11.8 Å². The minimum Gasteiger partial charge on any atom is -0.353 e. The van der Waals surface area contributed by atoms with Gasteiger partial charge in [-0.05, 0) is 31.0 Å². The molecule has 0 radical (unpaired) electrons. The van der Waals surface area contributed by atoms with Gasteiger partial charge < -0.3 is 10.6 Å². The quantitative estimate of drug-likeness (QED) is 0.685. The molecule has 0 heterocycles. The third kappa shape index (κ3) is 8.12. The molecule has 118 valence electrons. The molecule has 0 aliphatic heterocycles. The zero-order valence-electron chi connectivity index (χ0n) is 13.6. The van der Waals surface area contributed by atoms with E-state index in [-0.39, 0.29) is 11.9 Å². The van der Waals surface area contributed by atoms with Gasteiger partial charge in [0.1, 0.15) is 0 Å². The molecular weight excluding hydrogens is 280 g/mol. The Labute approximate surface area is 133 Å². The molecule has 1 aromatic rings. The molecule has 1 aromatic carbocycles. The number of benzene rings is 1. The lowest BCUT2D eigenvalue weighted by molar-refractivity contribution is -0.119. The van der Waals surface area contributed by atoms with Crippen molar-refractivity contribution < 1.29 is 4.79 Å². The lowest BCUT2D eigenvalue weighted by Gasteiger charge is -2.13. The van der Waals surface area contributed by atoms with Crippen molar-refractivity contribution in [3.8, 4) is 0 Å². The highest BCUT2D eigenvalue weighted by Gasteiger charge is 2.07. The van der Waals surface area contributed by atoms with Crippen molar-refractivity contribution in [2.24, 2.45) is 0 Å². The van der Waals surface area contributed by atoms with Crippen molar-refractivity contribution in [3.05, 3.63) is 29.8 Å². The number of rotatable bonds is 9. The molecule has 3 nitrogen and oxygen atoms in total. The van der Waals surface area contributed by atoms with Gasteiger partial charge in [-0.2, -0.15) is 0 Å². The number of carbonyl (C=O) groups is 1. The maximum Gasteiger partial charge on any atom is 0.230 e. The maximum atomic E-state index is 11.9. The number of carbonyl (C=O) groups excluding carboxylic acids is 1. The third-order valence-corrected chi connectivity index (χ3v) is 4.11. The van der Waals surface area contributed by atoms with Crippen molar-refractivity contribution in [1.82, 2.24) is 10.6 Å². The van der Waals surface area contributed by atoms with Gasteiger partial charge in [-0.15, -0.1) is 11.8 Å². The Morgan fingerprint density at radius 3 is 2.71 bits per heavy atom. The molecule has 2 N–H and O–H groups in total. The lowest BCUT2D eigenvalue weighted by Crippen LogP contribution is -2.33. The van der Waals surface area contributed by atoms with Crippen LogP contribution in [0.4, 0.5) is 0 Å². The maximum absolute atomic E-state index is 11.9. The zero-order valence-corrected chi connectivity index (χ0v) is 14.4. The molecule has 0 aliphatic carbocycles. The first-order chi connectivity index (χ1) is 10.0. The Kier molecular flexibility index (Phi) is 8.47. The molecule has 0 saturated carbocycles. The standard InChI is InChI=1S/C17H28N2OS/c1-5-7-14(4)19-17(20)12-21-16-9-6-8-15(10-16)11-18-13(2)3/h6,8-10,13-14,18H,5,7,11-12H2,1-4H3,(H,19,20). The average molecular weight is 308 g/mol. The van der Waals surface area contributed by atoms with E-state index in [1.165, 1.54) is 5.56 Å². The summed E-state index contributed by atoms with van der Waals surface area (Å²) < 4.78 is 0. The molecule has 1 atom stereocenters. The van der Waals surface area contributed by atoms with Gasteiger partial charge in [-0.25, -0.2) is 0 Å². The van der Waals surface area contributed by atoms with Crippen LogP contribution in [0.1, 0.15) is 46.1 Å². The second kappa shape index (κ2) is 9.85. The molecule has 0 fully saturated rings. The van der Waals surface area contributed by atoms with Crippen molar-refractivity contribution in [1.29, 1.82) is 0 Å². The summed E-state index contributed by atoms with van der Waals surface area (Å²) in [6.45, 7) is 9.34. The Morgan fingerprint density at radius 1 is 1.29 bits per heavy atom. The molecule has 4 heteroatoms. The van der Waals surface area contributed by atoms with Gasteiger partial charge in [-0.1, -0.05) is 39.3 Å². The highest BCUT2D eigenvalue weighted by atomic mass is 32.2. The Balaban J connectivity index is 2.40. The predicted molar refractivity (Wildman–Crippen MR) is 91.7 cm³/mol. The second-order valence-electron chi connectivity index (χ2n) is 5.73. The molecule has 0 bridgehead atoms. The van der Waals surface area contributed by atoms with Gasteiger partial charge in [0, 0.05) is 23.5 Å². The minimum atomic E-state index is 0.117. The summed E-state index contributed by atoms with van der Waals surface area (Å²) in [5, 5.41) is 6.44. The third-order valence-electron chi connectivity index (χ3n) is 3.11. The Hall–Kier alpha value is -1.00. The van der Waals surface area contributed by atoms with E-state index >= 15 is 0 Å². The summed E-state index contributed by atoms with van der Waals surface area (Å²) in [7, 11) is 0. The van der Waals surface area contributed by atoms with Crippen LogP contribution in [-0.4, -0.2) is 23.7 Å². The Morgan fingerprint density at radius 2 is 2.05 bits per heavy atom. The fourth-order valence-electron chi connectivity index (χ4n) is 2.04. The Bertz CT molecular complexity index is 435. The summed E-state index contributed by atoms with van der Waals surface area (Å²) in [5.41, 5.74) is 1.26. The average Bonchev–Trinajstić information content (AvgIpc) is 2.43. The van der Waals surface area contributed by atoms with Crippen molar-refractivity contribution in [2.75, 3.05) is 5.75 Å². The van der Waals surface area contributed by atoms with E-state index in [4.69, 9.17) is 0 Å². The molecule has 1 amide bonds. The first-order valence-corrected chi connectivity index (χ1v) is 8.74. The van der Waals surface area contributed by atoms with Gasteiger partial charge >= 0.3 is 0 Å². The topological polar surface area (TPSA) is 41.1 Å². The van der Waals surface area contributed by atoms with Crippen molar-refractivity contribution in [2.45, 2.75) is 64.1 Å². The van der Waals surface area contributed by atoms with Gasteiger partial charge in [0.2, 0.25) is 5.91 Å². The van der Waals surface area contributed by atoms with Gasteiger partial charge in [0.15, 0.2) is 0 Å². The van der Waals surface area contributed by atoms with Crippen LogP contribution in [0.2, 0.25) is 0 Å². The number of thioether (sulfide) groups is 1. The van der Waals surface area contributed by atoms with Crippen molar-refractivity contribution >= 4 is 17.7 Å². The highest BCUT2D eigenvalue weighted by Crippen LogP contribution is 2.19. The molecule has 0 saturated heterocycles. The fraction of sp³-hybridized carbons (Fsp3) is 0.588. The normalized spacial score (nSPS) is 12.4. The van der Waals surface area contributed by atoms with E-state index in [9.17, 15) is 4.79 Å². The van der Waals surface area contributed by atoms with Crippen LogP contribution in [0.5, 0.6) is 0 Å². The van der Waals surface area contributed by atoms with Gasteiger partial charge in [0.05, 0.1) is 5.75 Å². The summed E-state index contributed by atoms with van der Waals surface area (Å²) in [4.78, 5) is 13.0. The predicted octanol–water partition coefficient (Wildman–Crippen LogP) is 3.58. The largest absolute Gasteiger partial charge is 0.353 e. The van der Waals surface area contributed by atoms with Crippen LogP contribution in [0.25, 0.3) is 0 Å². The fourth-order valence-corrected chi connectivity index (χ4v) is 2.83. The number of nitrogens with one attached hydrogen (secondary N) is 2. The molecule has 0 aliphatic rings. The molecule has 1 unspecified atom stereocenters. The van der Waals surface area contributed by atoms with Gasteiger partial charge in [0.25, 0.3) is 0 Å². The monoisotopic (exact) mass is 308 g/mol. The molecule has 21 heavy (non-hydrogen) atoms. The van der Waals surface area contributed by atoms with E-state index in [0.29, 0.717) is 11.8 Å².